The Hall–Kier alpha value is -3.02. The summed E-state index contributed by atoms with van der Waals surface area (Å²) in [6, 6.07) is 10.4. The predicted molar refractivity (Wildman–Crippen MR) is 106 cm³/mol. The molecule has 1 heterocycles. The van der Waals surface area contributed by atoms with Crippen molar-refractivity contribution in [1.82, 2.24) is 5.32 Å². The van der Waals surface area contributed by atoms with Crippen LogP contribution in [0.25, 0.3) is 11.0 Å². The first-order valence-electron chi connectivity index (χ1n) is 9.39. The average Bonchev–Trinajstić information content (AvgIpc) is 3.02. The lowest BCUT2D eigenvalue weighted by Crippen LogP contribution is -2.25. The maximum absolute atomic E-state index is 13.9. The molecule has 0 bridgehead atoms. The zero-order valence-corrected chi connectivity index (χ0v) is 16.3. The largest absolute Gasteiger partial charge is 0.490 e. The van der Waals surface area contributed by atoms with Crippen LogP contribution in [0, 0.1) is 12.7 Å². The normalized spacial score (nSPS) is 10.9. The smallest absolute Gasteiger partial charge is 0.287 e. The summed E-state index contributed by atoms with van der Waals surface area (Å²) in [7, 11) is 0. The number of aryl methyl sites for hydroxylation is 1. The van der Waals surface area contributed by atoms with Gasteiger partial charge in [-0.15, -0.1) is 0 Å². The van der Waals surface area contributed by atoms with E-state index in [2.05, 4.69) is 5.32 Å². The molecule has 0 fully saturated rings. The Morgan fingerprint density at radius 3 is 2.57 bits per heavy atom. The number of halogens is 1. The zero-order valence-electron chi connectivity index (χ0n) is 16.3. The van der Waals surface area contributed by atoms with Crippen molar-refractivity contribution in [2.75, 3.05) is 19.8 Å². The summed E-state index contributed by atoms with van der Waals surface area (Å²) >= 11 is 0. The van der Waals surface area contributed by atoms with Gasteiger partial charge in [0.2, 0.25) is 0 Å². The van der Waals surface area contributed by atoms with E-state index < -0.39 is 5.82 Å². The lowest BCUT2D eigenvalue weighted by Gasteiger charge is -2.12. The van der Waals surface area contributed by atoms with Gasteiger partial charge in [0, 0.05) is 17.5 Å². The molecule has 3 aromatic rings. The highest BCUT2D eigenvalue weighted by Crippen LogP contribution is 2.29. The van der Waals surface area contributed by atoms with Crippen LogP contribution in [0.15, 0.2) is 40.8 Å². The third-order valence-electron chi connectivity index (χ3n) is 4.43. The number of hydrogen-bond donors (Lipinski definition) is 1. The molecule has 0 saturated carbocycles. The first-order chi connectivity index (χ1) is 13.5. The van der Waals surface area contributed by atoms with Crippen molar-refractivity contribution in [2.24, 2.45) is 0 Å². The second kappa shape index (κ2) is 8.78. The number of nitrogens with one attached hydrogen (secondary N) is 1. The molecule has 1 amide bonds. The third kappa shape index (κ3) is 4.11. The minimum atomic E-state index is -0.475. The second-order valence-corrected chi connectivity index (χ2v) is 6.33. The van der Waals surface area contributed by atoms with Crippen LogP contribution in [0.2, 0.25) is 0 Å². The Balaban J connectivity index is 1.66. The highest BCUT2D eigenvalue weighted by Gasteiger charge is 2.19. The van der Waals surface area contributed by atoms with Crippen molar-refractivity contribution in [3.05, 3.63) is 59.1 Å². The summed E-state index contributed by atoms with van der Waals surface area (Å²) in [5.74, 6) is 0.706. The van der Waals surface area contributed by atoms with Gasteiger partial charge < -0.3 is 19.2 Å². The van der Waals surface area contributed by atoms with Gasteiger partial charge in [-0.3, -0.25) is 4.79 Å². The molecule has 5 nitrogen and oxygen atoms in total. The maximum Gasteiger partial charge on any atom is 0.287 e. The van der Waals surface area contributed by atoms with Crippen LogP contribution in [0.3, 0.4) is 0 Å². The van der Waals surface area contributed by atoms with Gasteiger partial charge in [0.25, 0.3) is 5.91 Å². The van der Waals surface area contributed by atoms with Crippen LogP contribution in [-0.4, -0.2) is 25.7 Å². The van der Waals surface area contributed by atoms with Gasteiger partial charge in [-0.25, -0.2) is 4.39 Å². The molecule has 0 spiro atoms. The number of carbonyl (C=O) groups excluding carboxylic acids is 1. The number of fused-ring (bicyclic) bond motifs is 1. The topological polar surface area (TPSA) is 60.7 Å². The molecular weight excluding hydrogens is 361 g/mol. The van der Waals surface area contributed by atoms with Crippen molar-refractivity contribution in [1.29, 1.82) is 0 Å². The molecule has 0 atom stereocenters. The van der Waals surface area contributed by atoms with Crippen LogP contribution in [0.1, 0.15) is 35.5 Å². The molecule has 0 radical (unpaired) electrons. The summed E-state index contributed by atoms with van der Waals surface area (Å²) in [6.07, 6.45) is 0.617. The first-order valence-corrected chi connectivity index (χ1v) is 9.39. The van der Waals surface area contributed by atoms with E-state index in [1.165, 1.54) is 6.07 Å². The number of rotatable bonds is 8. The van der Waals surface area contributed by atoms with E-state index >= 15 is 0 Å². The van der Waals surface area contributed by atoms with Gasteiger partial charge in [-0.2, -0.15) is 0 Å². The van der Waals surface area contributed by atoms with Crippen molar-refractivity contribution < 1.29 is 23.1 Å². The van der Waals surface area contributed by atoms with E-state index in [-0.39, 0.29) is 17.3 Å². The molecule has 0 aliphatic carbocycles. The fourth-order valence-corrected chi connectivity index (χ4v) is 3.08. The Morgan fingerprint density at radius 2 is 1.86 bits per heavy atom. The summed E-state index contributed by atoms with van der Waals surface area (Å²) in [5, 5.41) is 3.44. The maximum atomic E-state index is 13.9. The molecule has 0 aliphatic rings. The second-order valence-electron chi connectivity index (χ2n) is 6.33. The molecule has 2 aromatic carbocycles. The Bertz CT molecular complexity index is 980. The van der Waals surface area contributed by atoms with Crippen LogP contribution in [0.4, 0.5) is 4.39 Å². The fourth-order valence-electron chi connectivity index (χ4n) is 3.08. The van der Waals surface area contributed by atoms with Gasteiger partial charge in [-0.1, -0.05) is 18.2 Å². The number of hydrogen-bond acceptors (Lipinski definition) is 4. The minimum Gasteiger partial charge on any atom is -0.490 e. The standard InChI is InChI=1S/C22H24FNO4/c1-4-26-18-10-9-15(13-19(18)27-5-2)11-12-24-22(25)20-14(3)16-7-6-8-17(23)21(16)28-20/h6-10,13H,4-5,11-12H2,1-3H3,(H,24,25). The summed E-state index contributed by atoms with van der Waals surface area (Å²) in [6.45, 7) is 7.11. The molecule has 0 aliphatic heterocycles. The van der Waals surface area contributed by atoms with Gasteiger partial charge in [0.1, 0.15) is 0 Å². The van der Waals surface area contributed by atoms with Gasteiger partial charge in [0.15, 0.2) is 28.7 Å². The summed E-state index contributed by atoms with van der Waals surface area (Å²) < 4.78 is 30.5. The molecule has 148 valence electrons. The Kier molecular flexibility index (Phi) is 6.19. The van der Waals surface area contributed by atoms with Gasteiger partial charge in [0.05, 0.1) is 13.2 Å². The lowest BCUT2D eigenvalue weighted by atomic mass is 10.1. The van der Waals surface area contributed by atoms with E-state index in [0.717, 1.165) is 5.56 Å². The molecule has 0 saturated heterocycles. The average molecular weight is 385 g/mol. The van der Waals surface area contributed by atoms with Crippen LogP contribution < -0.4 is 14.8 Å². The highest BCUT2D eigenvalue weighted by atomic mass is 19.1. The number of para-hydroxylation sites is 1. The summed E-state index contributed by atoms with van der Waals surface area (Å²) in [4.78, 5) is 12.5. The number of ether oxygens (including phenoxy) is 2. The number of amides is 1. The predicted octanol–water partition coefficient (Wildman–Crippen LogP) is 4.65. The monoisotopic (exact) mass is 385 g/mol. The van der Waals surface area contributed by atoms with Gasteiger partial charge >= 0.3 is 0 Å². The van der Waals surface area contributed by atoms with Crippen LogP contribution in [-0.2, 0) is 6.42 Å². The SMILES string of the molecule is CCOc1ccc(CCNC(=O)c2oc3c(F)cccc3c2C)cc1OCC. The first kappa shape index (κ1) is 19.7. The van der Waals surface area contributed by atoms with Crippen LogP contribution >= 0.6 is 0 Å². The quantitative estimate of drug-likeness (QED) is 0.613. The molecule has 28 heavy (non-hydrogen) atoms. The van der Waals surface area contributed by atoms with Crippen LogP contribution in [0.5, 0.6) is 11.5 Å². The number of benzene rings is 2. The Morgan fingerprint density at radius 1 is 1.11 bits per heavy atom. The van der Waals surface area contributed by atoms with Crippen molar-refractivity contribution >= 4 is 16.9 Å². The van der Waals surface area contributed by atoms with Crippen molar-refractivity contribution in [3.8, 4) is 11.5 Å². The fraction of sp³-hybridized carbons (Fsp3) is 0.318. The summed E-state index contributed by atoms with van der Waals surface area (Å²) in [5.41, 5.74) is 1.75. The van der Waals surface area contributed by atoms with E-state index in [0.29, 0.717) is 48.6 Å². The van der Waals surface area contributed by atoms with E-state index in [1.807, 2.05) is 32.0 Å². The lowest BCUT2D eigenvalue weighted by molar-refractivity contribution is 0.0927. The van der Waals surface area contributed by atoms with E-state index in [4.69, 9.17) is 13.9 Å². The molecule has 6 heteroatoms. The molecule has 1 N–H and O–H groups in total. The molecule has 3 rings (SSSR count). The van der Waals surface area contributed by atoms with Crippen molar-refractivity contribution in [2.45, 2.75) is 27.2 Å². The Labute approximate surface area is 163 Å². The molecule has 1 aromatic heterocycles. The third-order valence-corrected chi connectivity index (χ3v) is 4.43. The van der Waals surface area contributed by atoms with E-state index in [9.17, 15) is 9.18 Å². The van der Waals surface area contributed by atoms with Crippen molar-refractivity contribution in [3.63, 3.8) is 0 Å². The number of carbonyl (C=O) groups is 1. The molecular formula is C22H24FNO4. The molecule has 0 unspecified atom stereocenters. The number of furan rings is 1. The minimum absolute atomic E-state index is 0.109. The highest BCUT2D eigenvalue weighted by molar-refractivity contribution is 5.99. The zero-order chi connectivity index (χ0) is 20.1. The van der Waals surface area contributed by atoms with E-state index in [1.54, 1.807) is 19.1 Å². The van der Waals surface area contributed by atoms with Gasteiger partial charge in [-0.05, 0) is 51.0 Å².